The van der Waals surface area contributed by atoms with Gasteiger partial charge in [-0.1, -0.05) is 62.2 Å². The number of hydrogen-bond donors (Lipinski definition) is 0. The lowest BCUT2D eigenvalue weighted by Crippen LogP contribution is -1.86. The highest BCUT2D eigenvalue weighted by Gasteiger charge is 1.99. The molecule has 0 saturated carbocycles. The van der Waals surface area contributed by atoms with Gasteiger partial charge in [-0.25, -0.2) is 0 Å². The molecule has 3 rings (SSSR count). The number of hydrogen-bond acceptors (Lipinski definition) is 0. The largest absolute Gasteiger partial charge is 0.0654 e. The third kappa shape index (κ3) is 2.63. The molecule has 0 saturated heterocycles. The molecule has 0 fully saturated rings. The highest BCUT2D eigenvalue weighted by Crippen LogP contribution is 2.24. The summed E-state index contributed by atoms with van der Waals surface area (Å²) in [5.74, 6) is 0. The van der Waals surface area contributed by atoms with E-state index in [4.69, 9.17) is 0 Å². The van der Waals surface area contributed by atoms with Gasteiger partial charge in [-0.15, -0.1) is 0 Å². The van der Waals surface area contributed by atoms with Crippen molar-refractivity contribution in [2.24, 2.45) is 0 Å². The van der Waals surface area contributed by atoms with Gasteiger partial charge in [0.05, 0.1) is 0 Å². The van der Waals surface area contributed by atoms with E-state index in [1.54, 1.807) is 0 Å². The normalized spacial score (nSPS) is 11.2. The van der Waals surface area contributed by atoms with E-state index >= 15 is 0 Å². The van der Waals surface area contributed by atoms with E-state index in [0.717, 1.165) is 0 Å². The SMILES string of the molecule is CCCCCc1ccc2cc3ccccc3cc2c1. The number of benzene rings is 3. The van der Waals surface area contributed by atoms with Crippen molar-refractivity contribution >= 4 is 21.5 Å². The Balaban J connectivity index is 1.99. The molecule has 0 aliphatic carbocycles. The van der Waals surface area contributed by atoms with Crippen molar-refractivity contribution in [2.45, 2.75) is 32.6 Å². The lowest BCUT2D eigenvalue weighted by molar-refractivity contribution is 0.718. The van der Waals surface area contributed by atoms with Crippen LogP contribution in [0, 0.1) is 0 Å². The third-order valence-electron chi connectivity index (χ3n) is 3.84. The van der Waals surface area contributed by atoms with E-state index in [1.165, 1.54) is 52.8 Å². The fourth-order valence-corrected chi connectivity index (χ4v) is 2.72. The molecular formula is C19H20. The van der Waals surface area contributed by atoms with Gasteiger partial charge in [0.15, 0.2) is 0 Å². The molecule has 0 unspecified atom stereocenters. The minimum Gasteiger partial charge on any atom is -0.0654 e. The van der Waals surface area contributed by atoms with Crippen LogP contribution in [0.3, 0.4) is 0 Å². The predicted octanol–water partition coefficient (Wildman–Crippen LogP) is 5.73. The summed E-state index contributed by atoms with van der Waals surface area (Å²) in [6, 6.07) is 20.1. The van der Waals surface area contributed by atoms with Gasteiger partial charge >= 0.3 is 0 Å². The zero-order chi connectivity index (χ0) is 13.1. The van der Waals surface area contributed by atoms with Crippen LogP contribution in [-0.4, -0.2) is 0 Å². The molecule has 96 valence electrons. The highest BCUT2D eigenvalue weighted by atomic mass is 14.0. The summed E-state index contributed by atoms with van der Waals surface area (Å²) in [6.07, 6.45) is 5.13. The Morgan fingerprint density at radius 1 is 0.684 bits per heavy atom. The molecule has 0 amide bonds. The third-order valence-corrected chi connectivity index (χ3v) is 3.84. The minimum atomic E-state index is 1.20. The molecule has 0 radical (unpaired) electrons. The van der Waals surface area contributed by atoms with E-state index in [-0.39, 0.29) is 0 Å². The van der Waals surface area contributed by atoms with Gasteiger partial charge in [0.1, 0.15) is 0 Å². The Labute approximate surface area is 115 Å². The van der Waals surface area contributed by atoms with Crippen molar-refractivity contribution in [2.75, 3.05) is 0 Å². The first-order chi connectivity index (χ1) is 9.36. The molecule has 0 aliphatic heterocycles. The second-order valence-corrected chi connectivity index (χ2v) is 5.34. The van der Waals surface area contributed by atoms with E-state index in [0.29, 0.717) is 0 Å². The summed E-state index contributed by atoms with van der Waals surface area (Å²) in [5.41, 5.74) is 1.47. The van der Waals surface area contributed by atoms with Crippen molar-refractivity contribution in [3.8, 4) is 0 Å². The summed E-state index contributed by atoms with van der Waals surface area (Å²) in [5, 5.41) is 5.38. The second-order valence-electron chi connectivity index (χ2n) is 5.34. The summed E-state index contributed by atoms with van der Waals surface area (Å²) >= 11 is 0. The Bertz CT molecular complexity index is 695. The first kappa shape index (κ1) is 12.2. The van der Waals surface area contributed by atoms with E-state index in [1.807, 2.05) is 0 Å². The molecule has 19 heavy (non-hydrogen) atoms. The van der Waals surface area contributed by atoms with E-state index < -0.39 is 0 Å². The van der Waals surface area contributed by atoms with Crippen LogP contribution < -0.4 is 0 Å². The topological polar surface area (TPSA) is 0 Å². The Kier molecular flexibility index (Phi) is 3.50. The van der Waals surface area contributed by atoms with Gasteiger partial charge in [-0.2, -0.15) is 0 Å². The number of aryl methyl sites for hydroxylation is 1. The van der Waals surface area contributed by atoms with Gasteiger partial charge in [-0.3, -0.25) is 0 Å². The fraction of sp³-hybridized carbons (Fsp3) is 0.263. The highest BCUT2D eigenvalue weighted by molar-refractivity contribution is 5.98. The van der Waals surface area contributed by atoms with E-state index in [2.05, 4.69) is 61.5 Å². The van der Waals surface area contributed by atoms with Crippen LogP contribution in [0.1, 0.15) is 31.7 Å². The first-order valence-corrected chi connectivity index (χ1v) is 7.28. The lowest BCUT2D eigenvalue weighted by atomic mass is 9.99. The van der Waals surface area contributed by atoms with Crippen molar-refractivity contribution < 1.29 is 0 Å². The molecule has 3 aromatic rings. The van der Waals surface area contributed by atoms with Crippen LogP contribution in [0.25, 0.3) is 21.5 Å². The Morgan fingerprint density at radius 3 is 2.11 bits per heavy atom. The van der Waals surface area contributed by atoms with Crippen molar-refractivity contribution in [1.82, 2.24) is 0 Å². The van der Waals surface area contributed by atoms with Crippen LogP contribution in [0.15, 0.2) is 54.6 Å². The van der Waals surface area contributed by atoms with Crippen LogP contribution in [-0.2, 0) is 6.42 Å². The Morgan fingerprint density at radius 2 is 1.37 bits per heavy atom. The summed E-state index contributed by atoms with van der Waals surface area (Å²) in [4.78, 5) is 0. The molecule has 0 N–H and O–H groups in total. The average molecular weight is 248 g/mol. The van der Waals surface area contributed by atoms with Crippen LogP contribution in [0.5, 0.6) is 0 Å². The van der Waals surface area contributed by atoms with Crippen molar-refractivity contribution in [3.05, 3.63) is 60.2 Å². The van der Waals surface area contributed by atoms with Gasteiger partial charge in [0.2, 0.25) is 0 Å². The maximum absolute atomic E-state index is 2.36. The standard InChI is InChI=1S/C19H20/c1-2-3-4-7-15-10-11-18-13-16-8-5-6-9-17(16)14-19(18)12-15/h5-6,8-14H,2-4,7H2,1H3. The predicted molar refractivity (Wildman–Crippen MR) is 84.7 cm³/mol. The van der Waals surface area contributed by atoms with Gasteiger partial charge in [0, 0.05) is 0 Å². The lowest BCUT2D eigenvalue weighted by Gasteiger charge is -2.05. The number of unbranched alkanes of at least 4 members (excludes halogenated alkanes) is 2. The van der Waals surface area contributed by atoms with Crippen molar-refractivity contribution in [3.63, 3.8) is 0 Å². The smallest absolute Gasteiger partial charge is 0.0175 e. The number of rotatable bonds is 4. The summed E-state index contributed by atoms with van der Waals surface area (Å²) in [6.45, 7) is 2.26. The maximum Gasteiger partial charge on any atom is -0.0175 e. The zero-order valence-corrected chi connectivity index (χ0v) is 11.5. The molecule has 0 aromatic heterocycles. The van der Waals surface area contributed by atoms with Gasteiger partial charge < -0.3 is 0 Å². The maximum atomic E-state index is 2.36. The first-order valence-electron chi connectivity index (χ1n) is 7.28. The van der Waals surface area contributed by atoms with Crippen molar-refractivity contribution in [1.29, 1.82) is 0 Å². The second kappa shape index (κ2) is 5.44. The van der Waals surface area contributed by atoms with Crippen LogP contribution in [0.4, 0.5) is 0 Å². The average Bonchev–Trinajstić information content (AvgIpc) is 2.45. The molecule has 0 nitrogen and oxygen atoms in total. The molecular weight excluding hydrogens is 228 g/mol. The molecule has 0 heteroatoms. The summed E-state index contributed by atoms with van der Waals surface area (Å²) < 4.78 is 0. The molecule has 0 bridgehead atoms. The fourth-order valence-electron chi connectivity index (χ4n) is 2.72. The quantitative estimate of drug-likeness (QED) is 0.409. The molecule has 0 spiro atoms. The van der Waals surface area contributed by atoms with Gasteiger partial charge in [-0.05, 0) is 52.1 Å². The summed E-state index contributed by atoms with van der Waals surface area (Å²) in [7, 11) is 0. The van der Waals surface area contributed by atoms with Gasteiger partial charge in [0.25, 0.3) is 0 Å². The zero-order valence-electron chi connectivity index (χ0n) is 11.5. The monoisotopic (exact) mass is 248 g/mol. The molecule has 0 atom stereocenters. The van der Waals surface area contributed by atoms with E-state index in [9.17, 15) is 0 Å². The number of fused-ring (bicyclic) bond motifs is 2. The minimum absolute atomic E-state index is 1.20. The van der Waals surface area contributed by atoms with Crippen LogP contribution >= 0.6 is 0 Å². The molecule has 3 aromatic carbocycles. The van der Waals surface area contributed by atoms with Crippen LogP contribution in [0.2, 0.25) is 0 Å². The molecule has 0 aliphatic rings. The Hall–Kier alpha value is -1.82. The molecule has 0 heterocycles.